The van der Waals surface area contributed by atoms with E-state index in [4.69, 9.17) is 27.9 Å². The van der Waals surface area contributed by atoms with Gasteiger partial charge >= 0.3 is 0 Å². The summed E-state index contributed by atoms with van der Waals surface area (Å²) in [5.74, 6) is 0.464. The topological polar surface area (TPSA) is 54.1 Å². The number of aromatic nitrogens is 1. The van der Waals surface area contributed by atoms with Crippen molar-refractivity contribution in [3.63, 3.8) is 0 Å². The molecule has 3 aromatic rings. The van der Waals surface area contributed by atoms with Gasteiger partial charge in [-0.3, -0.25) is 4.79 Å². The zero-order valence-electron chi connectivity index (χ0n) is 12.5. The summed E-state index contributed by atoms with van der Waals surface area (Å²) in [6.45, 7) is 1.88. The van der Waals surface area contributed by atoms with Crippen molar-refractivity contribution in [2.24, 2.45) is 0 Å². The van der Waals surface area contributed by atoms with Gasteiger partial charge in [0.1, 0.15) is 11.4 Å². The molecule has 2 N–H and O–H groups in total. The van der Waals surface area contributed by atoms with Crippen LogP contribution in [0.2, 0.25) is 10.0 Å². The van der Waals surface area contributed by atoms with Crippen LogP contribution in [0.1, 0.15) is 16.1 Å². The molecule has 0 saturated heterocycles. The van der Waals surface area contributed by atoms with E-state index in [0.29, 0.717) is 21.4 Å². The minimum atomic E-state index is -0.276. The molecule has 118 valence electrons. The van der Waals surface area contributed by atoms with E-state index in [1.54, 1.807) is 25.3 Å². The second-order valence-corrected chi connectivity index (χ2v) is 5.96. The summed E-state index contributed by atoms with van der Waals surface area (Å²) in [5.41, 5.74) is 2.66. The molecule has 1 heterocycles. The lowest BCUT2D eigenvalue weighted by atomic mass is 10.1. The van der Waals surface area contributed by atoms with Crippen molar-refractivity contribution in [1.82, 2.24) is 4.98 Å². The van der Waals surface area contributed by atoms with Gasteiger partial charge in [-0.1, -0.05) is 23.2 Å². The van der Waals surface area contributed by atoms with Gasteiger partial charge in [-0.15, -0.1) is 0 Å². The van der Waals surface area contributed by atoms with Crippen LogP contribution in [0.3, 0.4) is 0 Å². The SMILES string of the molecule is COc1ccc2[nH]c(C(=O)Nc3cc(Cl)ccc3Cl)c(C)c2c1. The highest BCUT2D eigenvalue weighted by Gasteiger charge is 2.16. The number of H-pyrrole nitrogens is 1. The Bertz CT molecular complexity index is 903. The smallest absolute Gasteiger partial charge is 0.272 e. The number of methoxy groups -OCH3 is 1. The van der Waals surface area contributed by atoms with Gasteiger partial charge < -0.3 is 15.0 Å². The van der Waals surface area contributed by atoms with Gasteiger partial charge in [0.05, 0.1) is 17.8 Å². The number of hydrogen-bond acceptors (Lipinski definition) is 2. The fourth-order valence-electron chi connectivity index (χ4n) is 2.44. The van der Waals surface area contributed by atoms with Crippen LogP contribution in [0, 0.1) is 6.92 Å². The molecule has 0 bridgehead atoms. The number of benzene rings is 2. The molecule has 0 aliphatic rings. The molecule has 0 spiro atoms. The van der Waals surface area contributed by atoms with Gasteiger partial charge in [-0.25, -0.2) is 0 Å². The summed E-state index contributed by atoms with van der Waals surface area (Å²) in [4.78, 5) is 15.7. The average molecular weight is 349 g/mol. The van der Waals surface area contributed by atoms with E-state index in [-0.39, 0.29) is 5.91 Å². The lowest BCUT2D eigenvalue weighted by Gasteiger charge is -2.07. The number of halogens is 2. The Balaban J connectivity index is 1.97. The maximum Gasteiger partial charge on any atom is 0.272 e. The highest BCUT2D eigenvalue weighted by molar-refractivity contribution is 6.35. The maximum absolute atomic E-state index is 12.5. The van der Waals surface area contributed by atoms with Crippen LogP contribution in [0.5, 0.6) is 5.75 Å². The van der Waals surface area contributed by atoms with Crippen molar-refractivity contribution >= 4 is 45.7 Å². The number of aryl methyl sites for hydroxylation is 1. The molecule has 0 saturated carbocycles. The molecule has 4 nitrogen and oxygen atoms in total. The lowest BCUT2D eigenvalue weighted by Crippen LogP contribution is -2.13. The number of nitrogens with one attached hydrogen (secondary N) is 2. The second kappa shape index (κ2) is 6.14. The van der Waals surface area contributed by atoms with E-state index in [1.165, 1.54) is 0 Å². The molecular formula is C17H14Cl2N2O2. The van der Waals surface area contributed by atoms with Crippen LogP contribution in [-0.4, -0.2) is 18.0 Å². The average Bonchev–Trinajstić information content (AvgIpc) is 2.87. The van der Waals surface area contributed by atoms with E-state index < -0.39 is 0 Å². The fourth-order valence-corrected chi connectivity index (χ4v) is 2.77. The summed E-state index contributed by atoms with van der Waals surface area (Å²) >= 11 is 12.0. The zero-order valence-corrected chi connectivity index (χ0v) is 14.0. The Morgan fingerprint density at radius 3 is 2.70 bits per heavy atom. The van der Waals surface area contributed by atoms with Crippen molar-refractivity contribution in [1.29, 1.82) is 0 Å². The molecule has 0 radical (unpaired) electrons. The molecule has 1 amide bonds. The lowest BCUT2D eigenvalue weighted by molar-refractivity contribution is 0.102. The largest absolute Gasteiger partial charge is 0.497 e. The highest BCUT2D eigenvalue weighted by Crippen LogP contribution is 2.29. The molecule has 23 heavy (non-hydrogen) atoms. The molecule has 6 heteroatoms. The summed E-state index contributed by atoms with van der Waals surface area (Å²) in [5, 5.41) is 4.65. The van der Waals surface area contributed by atoms with Gasteiger partial charge in [0, 0.05) is 15.9 Å². The van der Waals surface area contributed by atoms with Crippen molar-refractivity contribution in [3.8, 4) is 5.75 Å². The number of rotatable bonds is 3. The first-order valence-electron chi connectivity index (χ1n) is 6.92. The second-order valence-electron chi connectivity index (χ2n) is 5.11. The number of ether oxygens (including phenoxy) is 1. The first-order chi connectivity index (χ1) is 11.0. The number of aromatic amines is 1. The van der Waals surface area contributed by atoms with Gasteiger partial charge in [0.25, 0.3) is 5.91 Å². The number of fused-ring (bicyclic) bond motifs is 1. The third-order valence-electron chi connectivity index (χ3n) is 3.67. The van der Waals surface area contributed by atoms with E-state index in [0.717, 1.165) is 22.2 Å². The molecule has 0 fully saturated rings. The minimum Gasteiger partial charge on any atom is -0.497 e. The molecule has 0 unspecified atom stereocenters. The molecule has 0 aliphatic heterocycles. The van der Waals surface area contributed by atoms with E-state index in [9.17, 15) is 4.79 Å². The molecule has 0 aliphatic carbocycles. The van der Waals surface area contributed by atoms with Crippen molar-refractivity contribution < 1.29 is 9.53 Å². The van der Waals surface area contributed by atoms with Crippen LogP contribution in [-0.2, 0) is 0 Å². The first kappa shape index (κ1) is 15.7. The van der Waals surface area contributed by atoms with Gasteiger partial charge in [-0.2, -0.15) is 0 Å². The maximum atomic E-state index is 12.5. The summed E-state index contributed by atoms with van der Waals surface area (Å²) in [6.07, 6.45) is 0. The van der Waals surface area contributed by atoms with Crippen LogP contribution in [0.15, 0.2) is 36.4 Å². The summed E-state index contributed by atoms with van der Waals surface area (Å²) in [7, 11) is 1.61. The Labute approximate surface area is 143 Å². The quantitative estimate of drug-likeness (QED) is 0.696. The van der Waals surface area contributed by atoms with Crippen LogP contribution in [0.4, 0.5) is 5.69 Å². The Kier molecular flexibility index (Phi) is 4.20. The van der Waals surface area contributed by atoms with Gasteiger partial charge in [-0.05, 0) is 48.9 Å². The van der Waals surface area contributed by atoms with Crippen molar-refractivity contribution in [3.05, 3.63) is 57.7 Å². The minimum absolute atomic E-state index is 0.276. The molecule has 2 aromatic carbocycles. The molecule has 3 rings (SSSR count). The van der Waals surface area contributed by atoms with Crippen LogP contribution < -0.4 is 10.1 Å². The van der Waals surface area contributed by atoms with E-state index >= 15 is 0 Å². The first-order valence-corrected chi connectivity index (χ1v) is 7.68. The van der Waals surface area contributed by atoms with Gasteiger partial charge in [0.2, 0.25) is 0 Å². The van der Waals surface area contributed by atoms with Gasteiger partial charge in [0.15, 0.2) is 0 Å². The molecule has 0 atom stereocenters. The number of anilines is 1. The van der Waals surface area contributed by atoms with Crippen LogP contribution in [0.25, 0.3) is 10.9 Å². The number of carbonyl (C=O) groups excluding carboxylic acids is 1. The molecule has 1 aromatic heterocycles. The summed E-state index contributed by atoms with van der Waals surface area (Å²) < 4.78 is 5.23. The Morgan fingerprint density at radius 2 is 1.96 bits per heavy atom. The van der Waals surface area contributed by atoms with Crippen molar-refractivity contribution in [2.75, 3.05) is 12.4 Å². The number of amides is 1. The van der Waals surface area contributed by atoms with E-state index in [1.807, 2.05) is 25.1 Å². The standard InChI is InChI=1S/C17H14Cl2N2O2/c1-9-12-8-11(23-2)4-6-14(12)20-16(9)17(22)21-15-7-10(18)3-5-13(15)19/h3-8,20H,1-2H3,(H,21,22). The summed E-state index contributed by atoms with van der Waals surface area (Å²) in [6, 6.07) is 10.5. The monoisotopic (exact) mass is 348 g/mol. The third kappa shape index (κ3) is 3.00. The number of carbonyl (C=O) groups is 1. The Hall–Kier alpha value is -2.17. The fraction of sp³-hybridized carbons (Fsp3) is 0.118. The predicted octanol–water partition coefficient (Wildman–Crippen LogP) is 5.04. The normalized spacial score (nSPS) is 10.8. The number of hydrogen-bond donors (Lipinski definition) is 2. The van der Waals surface area contributed by atoms with Crippen LogP contribution >= 0.6 is 23.2 Å². The molecular weight excluding hydrogens is 335 g/mol. The third-order valence-corrected chi connectivity index (χ3v) is 4.23. The zero-order chi connectivity index (χ0) is 16.6. The highest BCUT2D eigenvalue weighted by atomic mass is 35.5. The predicted molar refractivity (Wildman–Crippen MR) is 94.0 cm³/mol. The van der Waals surface area contributed by atoms with E-state index in [2.05, 4.69) is 10.3 Å². The Morgan fingerprint density at radius 1 is 1.17 bits per heavy atom. The van der Waals surface area contributed by atoms with Crippen molar-refractivity contribution in [2.45, 2.75) is 6.92 Å².